The highest BCUT2D eigenvalue weighted by Gasteiger charge is 2.12. The molecule has 2 aromatic rings. The summed E-state index contributed by atoms with van der Waals surface area (Å²) in [6.07, 6.45) is 0. The van der Waals surface area contributed by atoms with Crippen molar-refractivity contribution in [3.63, 3.8) is 0 Å². The maximum absolute atomic E-state index is 5.64. The van der Waals surface area contributed by atoms with Crippen LogP contribution in [0.25, 0.3) is 11.0 Å². The van der Waals surface area contributed by atoms with Crippen LogP contribution in [0.3, 0.4) is 0 Å². The molecule has 0 amide bonds. The summed E-state index contributed by atoms with van der Waals surface area (Å²) in [5.74, 6) is 0.526. The Balaban J connectivity index is 2.85. The van der Waals surface area contributed by atoms with Crippen molar-refractivity contribution < 1.29 is 0 Å². The van der Waals surface area contributed by atoms with E-state index in [1.54, 1.807) is 4.68 Å². The van der Waals surface area contributed by atoms with Crippen LogP contribution in [0.1, 0.15) is 5.69 Å². The van der Waals surface area contributed by atoms with Crippen molar-refractivity contribution in [2.24, 2.45) is 12.8 Å². The number of aryl methyl sites for hydroxylation is 1. The molecule has 0 radical (unpaired) electrons. The highest BCUT2D eigenvalue weighted by molar-refractivity contribution is 5.88. The lowest BCUT2D eigenvalue weighted by molar-refractivity contribution is 0.752. The minimum Gasteiger partial charge on any atom is -0.383 e. The maximum atomic E-state index is 5.64. The molecule has 0 aliphatic rings. The molecular weight excluding hydrogens is 156 g/mol. The van der Waals surface area contributed by atoms with Crippen molar-refractivity contribution in [3.05, 3.63) is 5.69 Å². The first-order valence-corrected chi connectivity index (χ1v) is 3.59. The number of H-pyrrole nitrogens is 1. The minimum atomic E-state index is 0.376. The molecule has 5 N–H and O–H groups in total. The third kappa shape index (κ3) is 0.722. The molecule has 2 aromatic heterocycles. The van der Waals surface area contributed by atoms with Crippen LogP contribution in [0.4, 0.5) is 5.82 Å². The first-order chi connectivity index (χ1) is 5.74. The molecule has 0 aliphatic carbocycles. The molecule has 2 rings (SSSR count). The van der Waals surface area contributed by atoms with Crippen LogP contribution in [0, 0.1) is 0 Å². The van der Waals surface area contributed by atoms with Gasteiger partial charge in [-0.15, -0.1) is 0 Å². The van der Waals surface area contributed by atoms with Gasteiger partial charge in [0.1, 0.15) is 5.82 Å². The fourth-order valence-electron chi connectivity index (χ4n) is 1.29. The SMILES string of the molecule is Cn1nc(CN)c2c(N)[nH]nc21. The predicted molar refractivity (Wildman–Crippen MR) is 45.2 cm³/mol. The number of aromatic amines is 1. The molecule has 6 nitrogen and oxygen atoms in total. The summed E-state index contributed by atoms with van der Waals surface area (Å²) >= 11 is 0. The molecule has 64 valence electrons. The van der Waals surface area contributed by atoms with Crippen LogP contribution in [0.15, 0.2) is 0 Å². The van der Waals surface area contributed by atoms with E-state index in [1.165, 1.54) is 0 Å². The van der Waals surface area contributed by atoms with Gasteiger partial charge in [-0.1, -0.05) is 0 Å². The van der Waals surface area contributed by atoms with Gasteiger partial charge in [-0.25, -0.2) is 4.68 Å². The molecule has 12 heavy (non-hydrogen) atoms. The molecule has 0 bridgehead atoms. The van der Waals surface area contributed by atoms with Crippen molar-refractivity contribution >= 4 is 16.9 Å². The van der Waals surface area contributed by atoms with Crippen LogP contribution in [-0.2, 0) is 13.6 Å². The zero-order chi connectivity index (χ0) is 8.72. The Morgan fingerprint density at radius 3 is 3.00 bits per heavy atom. The molecule has 2 heterocycles. The Labute approximate surface area is 68.5 Å². The molecule has 0 aromatic carbocycles. The van der Waals surface area contributed by atoms with Gasteiger partial charge in [0, 0.05) is 13.6 Å². The van der Waals surface area contributed by atoms with Crippen molar-refractivity contribution in [2.45, 2.75) is 6.54 Å². The van der Waals surface area contributed by atoms with E-state index in [0.717, 1.165) is 16.7 Å². The van der Waals surface area contributed by atoms with E-state index in [0.29, 0.717) is 12.4 Å². The second kappa shape index (κ2) is 2.21. The number of fused-ring (bicyclic) bond motifs is 1. The highest BCUT2D eigenvalue weighted by Crippen LogP contribution is 2.20. The molecular formula is C6H10N6. The Morgan fingerprint density at radius 1 is 1.58 bits per heavy atom. The van der Waals surface area contributed by atoms with Gasteiger partial charge in [0.25, 0.3) is 0 Å². The predicted octanol–water partition coefficient (Wildman–Crippen LogP) is -0.663. The summed E-state index contributed by atoms with van der Waals surface area (Å²) in [5.41, 5.74) is 12.6. The number of nitrogens with one attached hydrogen (secondary N) is 1. The van der Waals surface area contributed by atoms with E-state index in [-0.39, 0.29) is 0 Å². The Hall–Kier alpha value is -1.56. The number of nitrogens with two attached hydrogens (primary N) is 2. The second-order valence-electron chi connectivity index (χ2n) is 2.61. The fraction of sp³-hybridized carbons (Fsp3) is 0.333. The van der Waals surface area contributed by atoms with Crippen LogP contribution < -0.4 is 11.5 Å². The number of nitrogens with zero attached hydrogens (tertiary/aromatic N) is 3. The molecule has 0 unspecified atom stereocenters. The fourth-order valence-corrected chi connectivity index (χ4v) is 1.29. The van der Waals surface area contributed by atoms with Gasteiger partial charge in [0.15, 0.2) is 5.65 Å². The van der Waals surface area contributed by atoms with E-state index < -0.39 is 0 Å². The number of aromatic nitrogens is 4. The van der Waals surface area contributed by atoms with Gasteiger partial charge in [-0.2, -0.15) is 10.2 Å². The number of anilines is 1. The summed E-state index contributed by atoms with van der Waals surface area (Å²) in [7, 11) is 1.81. The van der Waals surface area contributed by atoms with Crippen LogP contribution in [0.2, 0.25) is 0 Å². The van der Waals surface area contributed by atoms with Gasteiger partial charge < -0.3 is 11.5 Å². The first-order valence-electron chi connectivity index (χ1n) is 3.59. The van der Waals surface area contributed by atoms with Crippen molar-refractivity contribution in [1.29, 1.82) is 0 Å². The third-order valence-electron chi connectivity index (χ3n) is 1.83. The Bertz CT molecular complexity index is 411. The second-order valence-corrected chi connectivity index (χ2v) is 2.61. The summed E-state index contributed by atoms with van der Waals surface area (Å²) < 4.78 is 1.66. The van der Waals surface area contributed by atoms with Gasteiger partial charge in [-0.05, 0) is 0 Å². The normalized spacial score (nSPS) is 11.2. The van der Waals surface area contributed by atoms with Gasteiger partial charge in [0.2, 0.25) is 0 Å². The molecule has 0 atom stereocenters. The molecule has 6 heteroatoms. The Kier molecular flexibility index (Phi) is 1.31. The van der Waals surface area contributed by atoms with E-state index in [4.69, 9.17) is 11.5 Å². The van der Waals surface area contributed by atoms with Gasteiger partial charge >= 0.3 is 0 Å². The van der Waals surface area contributed by atoms with E-state index in [9.17, 15) is 0 Å². The van der Waals surface area contributed by atoms with Crippen LogP contribution in [0.5, 0.6) is 0 Å². The Morgan fingerprint density at radius 2 is 2.33 bits per heavy atom. The number of hydrogen-bond donors (Lipinski definition) is 3. The molecule has 0 aliphatic heterocycles. The van der Waals surface area contributed by atoms with E-state index in [1.807, 2.05) is 7.05 Å². The monoisotopic (exact) mass is 166 g/mol. The quantitative estimate of drug-likeness (QED) is 0.523. The molecule has 0 saturated carbocycles. The summed E-state index contributed by atoms with van der Waals surface area (Å²) in [4.78, 5) is 0. The molecule has 0 spiro atoms. The zero-order valence-electron chi connectivity index (χ0n) is 6.70. The summed E-state index contributed by atoms with van der Waals surface area (Å²) in [5, 5.41) is 11.7. The van der Waals surface area contributed by atoms with E-state index in [2.05, 4.69) is 15.3 Å². The lowest BCUT2D eigenvalue weighted by atomic mass is 10.3. The largest absolute Gasteiger partial charge is 0.383 e. The van der Waals surface area contributed by atoms with Gasteiger partial charge in [0.05, 0.1) is 11.1 Å². The van der Waals surface area contributed by atoms with Crippen molar-refractivity contribution in [2.75, 3.05) is 5.73 Å². The topological polar surface area (TPSA) is 98.5 Å². The average molecular weight is 166 g/mol. The lowest BCUT2D eigenvalue weighted by Crippen LogP contribution is -2.00. The van der Waals surface area contributed by atoms with Crippen LogP contribution >= 0.6 is 0 Å². The van der Waals surface area contributed by atoms with Crippen LogP contribution in [-0.4, -0.2) is 20.0 Å². The number of hydrogen-bond acceptors (Lipinski definition) is 4. The van der Waals surface area contributed by atoms with E-state index >= 15 is 0 Å². The molecule has 0 fully saturated rings. The van der Waals surface area contributed by atoms with Gasteiger partial charge in [-0.3, -0.25) is 5.10 Å². The minimum absolute atomic E-state index is 0.376. The average Bonchev–Trinajstić information content (AvgIpc) is 2.56. The van der Waals surface area contributed by atoms with Crippen molar-refractivity contribution in [1.82, 2.24) is 20.0 Å². The zero-order valence-corrected chi connectivity index (χ0v) is 6.70. The highest BCUT2D eigenvalue weighted by atomic mass is 15.3. The summed E-state index contributed by atoms with van der Waals surface area (Å²) in [6.45, 7) is 0.376. The smallest absolute Gasteiger partial charge is 0.181 e. The third-order valence-corrected chi connectivity index (χ3v) is 1.83. The first kappa shape index (κ1) is 7.11. The standard InChI is InChI=1S/C6H10N6/c1-12-6-4(3(2-7)11-12)5(8)9-10-6/h2,7H2,1H3,(H3,8,9,10). The van der Waals surface area contributed by atoms with Crippen molar-refractivity contribution in [3.8, 4) is 0 Å². The number of rotatable bonds is 1. The molecule has 0 saturated heterocycles. The number of nitrogen functional groups attached to an aromatic ring is 1. The lowest BCUT2D eigenvalue weighted by Gasteiger charge is -1.88. The summed E-state index contributed by atoms with van der Waals surface area (Å²) in [6, 6.07) is 0. The maximum Gasteiger partial charge on any atom is 0.181 e.